The Morgan fingerprint density at radius 1 is 1.06 bits per heavy atom. The molecule has 1 unspecified atom stereocenters. The third kappa shape index (κ3) is 6.09. The summed E-state index contributed by atoms with van der Waals surface area (Å²) < 4.78 is 8.16. The first kappa shape index (κ1) is 22.8. The van der Waals surface area contributed by atoms with E-state index in [1.54, 1.807) is 11.8 Å². The van der Waals surface area contributed by atoms with Crippen molar-refractivity contribution in [3.05, 3.63) is 65.7 Å². The fourth-order valence-electron chi connectivity index (χ4n) is 3.85. The minimum absolute atomic E-state index is 0.239. The summed E-state index contributed by atoms with van der Waals surface area (Å²) in [4.78, 5) is 8.83. The molecule has 32 heavy (non-hydrogen) atoms. The van der Waals surface area contributed by atoms with E-state index in [2.05, 4.69) is 75.0 Å². The first-order valence-corrected chi connectivity index (χ1v) is 12.1. The molecule has 7 nitrogen and oxygen atoms in total. The molecule has 2 aromatic heterocycles. The highest BCUT2D eigenvalue weighted by Gasteiger charge is 2.22. The second-order valence-electron chi connectivity index (χ2n) is 8.49. The van der Waals surface area contributed by atoms with Crippen molar-refractivity contribution in [2.24, 2.45) is 0 Å². The van der Waals surface area contributed by atoms with Gasteiger partial charge in [-0.1, -0.05) is 30.0 Å². The molecule has 1 saturated heterocycles. The Hall–Kier alpha value is -2.42. The Labute approximate surface area is 194 Å². The number of thioether (sulfide) groups is 1. The van der Waals surface area contributed by atoms with E-state index in [0.29, 0.717) is 0 Å². The number of rotatable bonds is 10. The maximum atomic E-state index is 5.91. The largest absolute Gasteiger partial charge is 0.378 e. The van der Waals surface area contributed by atoms with Crippen LogP contribution in [0.4, 0.5) is 5.69 Å². The Balaban J connectivity index is 1.44. The van der Waals surface area contributed by atoms with E-state index in [1.807, 2.05) is 24.4 Å². The average Bonchev–Trinajstić information content (AvgIpc) is 3.44. The Bertz CT molecular complexity index is 970. The average molecular weight is 453 g/mol. The van der Waals surface area contributed by atoms with Gasteiger partial charge in [-0.3, -0.25) is 9.88 Å². The first-order chi connectivity index (χ1) is 15.6. The molecular weight excluding hydrogens is 420 g/mol. The highest BCUT2D eigenvalue weighted by molar-refractivity contribution is 7.98. The molecule has 0 spiro atoms. The van der Waals surface area contributed by atoms with Crippen molar-refractivity contribution in [1.29, 1.82) is 0 Å². The number of pyridine rings is 1. The van der Waals surface area contributed by atoms with Gasteiger partial charge in [0, 0.05) is 44.9 Å². The minimum Gasteiger partial charge on any atom is -0.378 e. The van der Waals surface area contributed by atoms with Crippen LogP contribution in [-0.2, 0) is 30.1 Å². The number of hydrogen-bond acceptors (Lipinski definition) is 7. The van der Waals surface area contributed by atoms with Crippen LogP contribution in [0.15, 0.2) is 53.8 Å². The standard InChI is InChI=1S/C24H32N6OS/c1-28(2)21-11-9-19(10-12-21)15-29(3)17-23-26-27-24(30(23)16-22-8-6-14-31-22)32-18-20-7-4-5-13-25-20/h4-5,7,9-13,22H,6,8,14-18H2,1-3H3. The Morgan fingerprint density at radius 2 is 1.91 bits per heavy atom. The van der Waals surface area contributed by atoms with E-state index in [4.69, 9.17) is 4.74 Å². The summed E-state index contributed by atoms with van der Waals surface area (Å²) in [6, 6.07) is 14.7. The van der Waals surface area contributed by atoms with Gasteiger partial charge >= 0.3 is 0 Å². The maximum Gasteiger partial charge on any atom is 0.191 e. The van der Waals surface area contributed by atoms with Crippen LogP contribution >= 0.6 is 11.8 Å². The third-order valence-corrected chi connectivity index (χ3v) is 6.60. The van der Waals surface area contributed by atoms with Crippen molar-refractivity contribution in [1.82, 2.24) is 24.6 Å². The van der Waals surface area contributed by atoms with Gasteiger partial charge in [-0.05, 0) is 49.7 Å². The van der Waals surface area contributed by atoms with Crippen LogP contribution in [0.2, 0.25) is 0 Å². The minimum atomic E-state index is 0.239. The summed E-state index contributed by atoms with van der Waals surface area (Å²) in [5, 5.41) is 10.0. The highest BCUT2D eigenvalue weighted by Crippen LogP contribution is 2.24. The van der Waals surface area contributed by atoms with E-state index in [1.165, 1.54) is 11.3 Å². The van der Waals surface area contributed by atoms with Gasteiger partial charge < -0.3 is 14.2 Å². The lowest BCUT2D eigenvalue weighted by Gasteiger charge is -2.19. The first-order valence-electron chi connectivity index (χ1n) is 11.1. The van der Waals surface area contributed by atoms with E-state index >= 15 is 0 Å². The zero-order valence-corrected chi connectivity index (χ0v) is 20.0. The fraction of sp³-hybridized carbons (Fsp3) is 0.458. The molecule has 170 valence electrons. The molecule has 0 saturated carbocycles. The van der Waals surface area contributed by atoms with Crippen molar-refractivity contribution < 1.29 is 4.74 Å². The number of ether oxygens (including phenoxy) is 1. The lowest BCUT2D eigenvalue weighted by Crippen LogP contribution is -2.23. The van der Waals surface area contributed by atoms with E-state index < -0.39 is 0 Å². The molecule has 3 aromatic rings. The number of benzene rings is 1. The van der Waals surface area contributed by atoms with Gasteiger partial charge in [0.25, 0.3) is 0 Å². The molecule has 0 bridgehead atoms. The van der Waals surface area contributed by atoms with Crippen LogP contribution in [0.1, 0.15) is 29.9 Å². The van der Waals surface area contributed by atoms with E-state index in [0.717, 1.165) is 61.5 Å². The second kappa shape index (κ2) is 10.9. The van der Waals surface area contributed by atoms with Crippen molar-refractivity contribution in [2.45, 2.75) is 49.5 Å². The predicted octanol–water partition coefficient (Wildman–Crippen LogP) is 3.84. The zero-order chi connectivity index (χ0) is 22.3. The SMILES string of the molecule is CN(Cc1ccc(N(C)C)cc1)Cc1nnc(SCc2ccccn2)n1CC1CCCO1. The van der Waals surface area contributed by atoms with Gasteiger partial charge in [-0.2, -0.15) is 0 Å². The smallest absolute Gasteiger partial charge is 0.191 e. The zero-order valence-electron chi connectivity index (χ0n) is 19.1. The van der Waals surface area contributed by atoms with Crippen molar-refractivity contribution in [3.8, 4) is 0 Å². The van der Waals surface area contributed by atoms with Crippen LogP contribution in [0.3, 0.4) is 0 Å². The summed E-state index contributed by atoms with van der Waals surface area (Å²) in [7, 11) is 6.25. The molecule has 1 aromatic carbocycles. The number of aromatic nitrogens is 4. The molecule has 0 aliphatic carbocycles. The molecule has 1 aliphatic heterocycles. The van der Waals surface area contributed by atoms with Gasteiger partial charge in [0.15, 0.2) is 5.16 Å². The maximum absolute atomic E-state index is 5.91. The molecule has 1 atom stereocenters. The Morgan fingerprint density at radius 3 is 2.59 bits per heavy atom. The number of anilines is 1. The molecule has 8 heteroatoms. The van der Waals surface area contributed by atoms with Gasteiger partial charge in [0.1, 0.15) is 5.82 Å². The van der Waals surface area contributed by atoms with Crippen LogP contribution in [0.5, 0.6) is 0 Å². The van der Waals surface area contributed by atoms with Crippen molar-refractivity contribution >= 4 is 17.4 Å². The van der Waals surface area contributed by atoms with E-state index in [-0.39, 0.29) is 6.10 Å². The van der Waals surface area contributed by atoms with Crippen LogP contribution < -0.4 is 4.90 Å². The molecular formula is C24H32N6OS. The molecule has 1 aliphatic rings. The summed E-state index contributed by atoms with van der Waals surface area (Å²) >= 11 is 1.69. The van der Waals surface area contributed by atoms with E-state index in [9.17, 15) is 0 Å². The van der Waals surface area contributed by atoms with Crippen LogP contribution in [0, 0.1) is 0 Å². The summed E-state index contributed by atoms with van der Waals surface area (Å²) in [5.74, 6) is 1.76. The van der Waals surface area contributed by atoms with Gasteiger partial charge in [0.05, 0.1) is 24.9 Å². The summed E-state index contributed by atoms with van der Waals surface area (Å²) in [5.41, 5.74) is 3.54. The molecule has 0 radical (unpaired) electrons. The lowest BCUT2D eigenvalue weighted by atomic mass is 10.2. The second-order valence-corrected chi connectivity index (χ2v) is 9.43. The van der Waals surface area contributed by atoms with Crippen LogP contribution in [0.25, 0.3) is 0 Å². The van der Waals surface area contributed by atoms with Gasteiger partial charge in [-0.15, -0.1) is 10.2 Å². The van der Waals surface area contributed by atoms with Crippen molar-refractivity contribution in [3.63, 3.8) is 0 Å². The topological polar surface area (TPSA) is 59.3 Å². The van der Waals surface area contributed by atoms with Gasteiger partial charge in [0.2, 0.25) is 0 Å². The third-order valence-electron chi connectivity index (χ3n) is 5.60. The molecule has 3 heterocycles. The Kier molecular flexibility index (Phi) is 7.78. The highest BCUT2D eigenvalue weighted by atomic mass is 32.2. The summed E-state index contributed by atoms with van der Waals surface area (Å²) in [6.07, 6.45) is 4.29. The fourth-order valence-corrected chi connectivity index (χ4v) is 4.73. The number of nitrogens with zero attached hydrogens (tertiary/aromatic N) is 6. The predicted molar refractivity (Wildman–Crippen MR) is 129 cm³/mol. The quantitative estimate of drug-likeness (QED) is 0.433. The molecule has 0 amide bonds. The normalized spacial score (nSPS) is 16.1. The molecule has 4 rings (SSSR count). The molecule has 1 fully saturated rings. The summed E-state index contributed by atoms with van der Waals surface area (Å²) in [6.45, 7) is 3.25. The number of hydrogen-bond donors (Lipinski definition) is 0. The van der Waals surface area contributed by atoms with Gasteiger partial charge in [-0.25, -0.2) is 0 Å². The lowest BCUT2D eigenvalue weighted by molar-refractivity contribution is 0.0934. The van der Waals surface area contributed by atoms with Crippen LogP contribution in [-0.4, -0.2) is 58.5 Å². The van der Waals surface area contributed by atoms with Crippen molar-refractivity contribution in [2.75, 3.05) is 32.6 Å². The molecule has 0 N–H and O–H groups in total. The monoisotopic (exact) mass is 452 g/mol.